The summed E-state index contributed by atoms with van der Waals surface area (Å²) in [5.74, 6) is -0.900. The summed E-state index contributed by atoms with van der Waals surface area (Å²) in [6.07, 6.45) is 44.4. The lowest BCUT2D eigenvalue weighted by atomic mass is 10.1. The maximum Gasteiger partial charge on any atom is 0.306 e. The molecule has 0 saturated carbocycles. The van der Waals surface area contributed by atoms with Gasteiger partial charge in [-0.2, -0.15) is 0 Å². The topological polar surface area (TPSA) is 111 Å². The van der Waals surface area contributed by atoms with Crippen molar-refractivity contribution < 1.29 is 42.1 Å². The number of allylic oxidation sites excluding steroid dienone is 8. The summed E-state index contributed by atoms with van der Waals surface area (Å²) in [5, 5.41) is 0. The predicted molar refractivity (Wildman–Crippen MR) is 231 cm³/mol. The molecular weight excluding hydrogens is 725 g/mol. The number of ether oxygens (including phenoxy) is 2. The number of phosphoric ester groups is 1. The minimum atomic E-state index is -4.64. The number of carbonyl (C=O) groups excluding carboxylic acids is 2. The van der Waals surface area contributed by atoms with Crippen LogP contribution in [0.15, 0.2) is 48.6 Å². The molecule has 0 N–H and O–H groups in total. The molecule has 2 atom stereocenters. The van der Waals surface area contributed by atoms with Crippen LogP contribution in [0.1, 0.15) is 181 Å². The van der Waals surface area contributed by atoms with Crippen LogP contribution in [-0.2, 0) is 32.7 Å². The summed E-state index contributed by atoms with van der Waals surface area (Å²) in [4.78, 5) is 37.4. The van der Waals surface area contributed by atoms with Crippen molar-refractivity contribution in [3.05, 3.63) is 48.6 Å². The Morgan fingerprint density at radius 1 is 0.554 bits per heavy atom. The highest BCUT2D eigenvalue weighted by Crippen LogP contribution is 2.38. The van der Waals surface area contributed by atoms with Gasteiger partial charge in [0.15, 0.2) is 6.10 Å². The van der Waals surface area contributed by atoms with Crippen molar-refractivity contribution in [2.24, 2.45) is 0 Å². The largest absolute Gasteiger partial charge is 0.756 e. The second-order valence-electron chi connectivity index (χ2n) is 16.1. The molecule has 0 aromatic rings. The number of carbonyl (C=O) groups is 2. The standard InChI is InChI=1S/C46H84NO8P/c1-6-8-10-12-14-16-18-19-20-21-22-23-24-25-26-27-29-31-33-35-37-39-46(49)55-44(43-54-56(50,51)53-41-40-47(3,4)5)42-52-45(48)38-36-34-32-30-28-17-15-13-11-9-7-2/h20-21,23-24,26-27,31,33,44H,6-19,22,25,28-30,32,34-43H2,1-5H3/b21-20+,24-23+,27-26+,33-31+/t44-/m1/s1. The number of likely N-dealkylation sites (N-methyl/N-ethyl adjacent to an activating group) is 1. The van der Waals surface area contributed by atoms with Gasteiger partial charge in [-0.25, -0.2) is 0 Å². The third kappa shape index (κ3) is 41.6. The predicted octanol–water partition coefficient (Wildman–Crippen LogP) is 12.1. The van der Waals surface area contributed by atoms with Gasteiger partial charge < -0.3 is 27.9 Å². The lowest BCUT2D eigenvalue weighted by Crippen LogP contribution is -2.37. The van der Waals surface area contributed by atoms with Gasteiger partial charge >= 0.3 is 11.9 Å². The average Bonchev–Trinajstić information content (AvgIpc) is 3.15. The number of unbranched alkanes of at least 4 members (excludes halogenated alkanes) is 18. The van der Waals surface area contributed by atoms with E-state index in [0.717, 1.165) is 38.5 Å². The molecule has 0 saturated heterocycles. The minimum absolute atomic E-state index is 0.0413. The summed E-state index contributed by atoms with van der Waals surface area (Å²) in [5.41, 5.74) is 0. The fourth-order valence-corrected chi connectivity index (χ4v) is 6.55. The molecule has 0 bridgehead atoms. The van der Waals surface area contributed by atoms with Crippen molar-refractivity contribution in [1.82, 2.24) is 0 Å². The van der Waals surface area contributed by atoms with Crippen LogP contribution in [0.4, 0.5) is 0 Å². The van der Waals surface area contributed by atoms with E-state index in [0.29, 0.717) is 23.9 Å². The molecular formula is C46H84NO8P. The molecule has 0 aromatic heterocycles. The highest BCUT2D eigenvalue weighted by Gasteiger charge is 2.21. The van der Waals surface area contributed by atoms with E-state index < -0.39 is 32.5 Å². The van der Waals surface area contributed by atoms with Crippen LogP contribution in [0.5, 0.6) is 0 Å². The van der Waals surface area contributed by atoms with E-state index in [-0.39, 0.29) is 26.1 Å². The number of nitrogens with zero attached hydrogens (tertiary/aromatic N) is 1. The van der Waals surface area contributed by atoms with E-state index in [1.165, 1.54) is 103 Å². The Kier molecular flexibility index (Phi) is 37.1. The van der Waals surface area contributed by atoms with Crippen LogP contribution in [-0.4, -0.2) is 70.0 Å². The van der Waals surface area contributed by atoms with Gasteiger partial charge in [-0.05, 0) is 51.4 Å². The molecule has 0 fully saturated rings. The first-order valence-corrected chi connectivity index (χ1v) is 23.8. The lowest BCUT2D eigenvalue weighted by molar-refractivity contribution is -0.870. The first-order valence-electron chi connectivity index (χ1n) is 22.3. The molecule has 326 valence electrons. The third-order valence-electron chi connectivity index (χ3n) is 9.35. The van der Waals surface area contributed by atoms with Crippen molar-refractivity contribution in [2.45, 2.75) is 187 Å². The molecule has 9 nitrogen and oxygen atoms in total. The van der Waals surface area contributed by atoms with Crippen LogP contribution < -0.4 is 4.89 Å². The van der Waals surface area contributed by atoms with Crippen LogP contribution in [0, 0.1) is 0 Å². The summed E-state index contributed by atoms with van der Waals surface area (Å²) < 4.78 is 33.8. The molecule has 56 heavy (non-hydrogen) atoms. The van der Waals surface area contributed by atoms with Gasteiger partial charge in [0.1, 0.15) is 19.8 Å². The van der Waals surface area contributed by atoms with E-state index in [1.54, 1.807) is 0 Å². The highest BCUT2D eigenvalue weighted by molar-refractivity contribution is 7.45. The van der Waals surface area contributed by atoms with Gasteiger partial charge in [-0.1, -0.05) is 165 Å². The molecule has 1 unspecified atom stereocenters. The normalized spacial score (nSPS) is 14.0. The van der Waals surface area contributed by atoms with Gasteiger partial charge in [-0.15, -0.1) is 0 Å². The van der Waals surface area contributed by atoms with Crippen molar-refractivity contribution in [3.8, 4) is 0 Å². The van der Waals surface area contributed by atoms with Gasteiger partial charge in [0.05, 0.1) is 27.7 Å². The fourth-order valence-electron chi connectivity index (χ4n) is 5.82. The molecule has 0 amide bonds. The zero-order valence-corrected chi connectivity index (χ0v) is 37.5. The first-order chi connectivity index (χ1) is 27.0. The molecule has 0 rings (SSSR count). The molecule has 0 spiro atoms. The van der Waals surface area contributed by atoms with Gasteiger partial charge in [0.25, 0.3) is 7.82 Å². The van der Waals surface area contributed by atoms with Crippen molar-refractivity contribution >= 4 is 19.8 Å². The van der Waals surface area contributed by atoms with Crippen LogP contribution in [0.3, 0.4) is 0 Å². The second-order valence-corrected chi connectivity index (χ2v) is 17.5. The number of quaternary nitrogens is 1. The van der Waals surface area contributed by atoms with E-state index in [4.69, 9.17) is 18.5 Å². The van der Waals surface area contributed by atoms with Crippen LogP contribution >= 0.6 is 7.82 Å². The smallest absolute Gasteiger partial charge is 0.306 e. The Morgan fingerprint density at radius 2 is 0.982 bits per heavy atom. The van der Waals surface area contributed by atoms with E-state index in [1.807, 2.05) is 27.2 Å². The average molecular weight is 810 g/mol. The number of esters is 2. The molecule has 0 heterocycles. The lowest BCUT2D eigenvalue weighted by Gasteiger charge is -2.28. The number of phosphoric acid groups is 1. The Hall–Kier alpha value is -2.03. The fraction of sp³-hybridized carbons (Fsp3) is 0.783. The maximum absolute atomic E-state index is 12.6. The Balaban J connectivity index is 4.43. The molecule has 0 radical (unpaired) electrons. The van der Waals surface area contributed by atoms with Gasteiger partial charge in [0.2, 0.25) is 0 Å². The quantitative estimate of drug-likeness (QED) is 0.0198. The second kappa shape index (κ2) is 38.5. The summed E-state index contributed by atoms with van der Waals surface area (Å²) >= 11 is 0. The Labute approximate surface area is 343 Å². The Morgan fingerprint density at radius 3 is 1.48 bits per heavy atom. The zero-order valence-electron chi connectivity index (χ0n) is 36.6. The molecule has 0 aliphatic heterocycles. The summed E-state index contributed by atoms with van der Waals surface area (Å²) in [6, 6.07) is 0. The summed E-state index contributed by atoms with van der Waals surface area (Å²) in [6.45, 7) is 4.15. The van der Waals surface area contributed by atoms with Crippen molar-refractivity contribution in [2.75, 3.05) is 47.5 Å². The van der Waals surface area contributed by atoms with Gasteiger partial charge in [0, 0.05) is 12.8 Å². The SMILES string of the molecule is CCCCCCCCC/C=C/C/C=C/C/C=C/C/C=C/CCCC(=O)O[C@H](COC(=O)CCCCCCCCCCCCC)COP(=O)([O-])OCC[N+](C)(C)C. The number of hydrogen-bond donors (Lipinski definition) is 0. The van der Waals surface area contributed by atoms with Crippen molar-refractivity contribution in [3.63, 3.8) is 0 Å². The number of hydrogen-bond acceptors (Lipinski definition) is 8. The monoisotopic (exact) mass is 810 g/mol. The van der Waals surface area contributed by atoms with E-state index >= 15 is 0 Å². The molecule has 0 aromatic carbocycles. The van der Waals surface area contributed by atoms with Crippen LogP contribution in [0.25, 0.3) is 0 Å². The molecule has 10 heteroatoms. The highest BCUT2D eigenvalue weighted by atomic mass is 31.2. The van der Waals surface area contributed by atoms with E-state index in [2.05, 4.69) is 56.4 Å². The van der Waals surface area contributed by atoms with E-state index in [9.17, 15) is 19.0 Å². The maximum atomic E-state index is 12.6. The van der Waals surface area contributed by atoms with Gasteiger partial charge in [-0.3, -0.25) is 14.2 Å². The minimum Gasteiger partial charge on any atom is -0.756 e. The van der Waals surface area contributed by atoms with Crippen LogP contribution in [0.2, 0.25) is 0 Å². The zero-order chi connectivity index (χ0) is 41.4. The number of rotatable bonds is 40. The Bertz CT molecular complexity index is 1100. The molecule has 0 aliphatic rings. The molecule has 0 aliphatic carbocycles. The first kappa shape index (κ1) is 54.0. The summed E-state index contributed by atoms with van der Waals surface area (Å²) in [7, 11) is 1.13. The third-order valence-corrected chi connectivity index (χ3v) is 10.3. The van der Waals surface area contributed by atoms with Crippen molar-refractivity contribution in [1.29, 1.82) is 0 Å².